The van der Waals surface area contributed by atoms with E-state index in [1.807, 2.05) is 6.92 Å². The molecule has 3 atom stereocenters. The van der Waals surface area contributed by atoms with Gasteiger partial charge in [-0.05, 0) is 26.3 Å². The minimum atomic E-state index is -0.601. The molecule has 2 aliphatic rings. The van der Waals surface area contributed by atoms with E-state index in [4.69, 9.17) is 4.74 Å². The summed E-state index contributed by atoms with van der Waals surface area (Å²) in [6.07, 6.45) is 3.04. The van der Waals surface area contributed by atoms with Gasteiger partial charge in [-0.15, -0.1) is 0 Å². The van der Waals surface area contributed by atoms with E-state index in [0.717, 1.165) is 19.4 Å². The maximum absolute atomic E-state index is 10.3. The van der Waals surface area contributed by atoms with Crippen LogP contribution in [0.1, 0.15) is 26.2 Å². The van der Waals surface area contributed by atoms with Gasteiger partial charge >= 0.3 is 0 Å². The lowest BCUT2D eigenvalue weighted by Gasteiger charge is -2.32. The minimum Gasteiger partial charge on any atom is -0.385 e. The molecule has 0 aliphatic carbocycles. The molecule has 2 aliphatic heterocycles. The highest BCUT2D eigenvalue weighted by atomic mass is 16.5. The van der Waals surface area contributed by atoms with Crippen molar-refractivity contribution in [2.75, 3.05) is 13.2 Å². The van der Waals surface area contributed by atoms with Crippen molar-refractivity contribution < 1.29 is 9.84 Å². The molecule has 0 aromatic rings. The zero-order valence-corrected chi connectivity index (χ0v) is 7.55. The highest BCUT2D eigenvalue weighted by molar-refractivity contribution is 5.01. The van der Waals surface area contributed by atoms with Crippen LogP contribution in [0.15, 0.2) is 0 Å². The van der Waals surface area contributed by atoms with Gasteiger partial charge in [0.2, 0.25) is 0 Å². The Kier molecular flexibility index (Phi) is 2.10. The summed E-state index contributed by atoms with van der Waals surface area (Å²) >= 11 is 0. The van der Waals surface area contributed by atoms with Crippen LogP contribution in [0.5, 0.6) is 0 Å². The second kappa shape index (κ2) is 2.98. The second-order valence-electron chi connectivity index (χ2n) is 3.90. The summed E-state index contributed by atoms with van der Waals surface area (Å²) in [4.78, 5) is 0. The maximum Gasteiger partial charge on any atom is 0.108 e. The molecule has 0 bridgehead atoms. The molecule has 2 saturated heterocycles. The van der Waals surface area contributed by atoms with E-state index in [-0.39, 0.29) is 12.1 Å². The first-order valence-electron chi connectivity index (χ1n) is 4.81. The SMILES string of the molecule is CC1OCCC1(O)C1CCCN1. The lowest BCUT2D eigenvalue weighted by Crippen LogP contribution is -2.52. The first-order valence-corrected chi connectivity index (χ1v) is 4.81. The average Bonchev–Trinajstić information content (AvgIpc) is 2.62. The van der Waals surface area contributed by atoms with Gasteiger partial charge in [-0.2, -0.15) is 0 Å². The third kappa shape index (κ3) is 1.16. The number of hydrogen-bond acceptors (Lipinski definition) is 3. The van der Waals surface area contributed by atoms with Crippen LogP contribution in [0.25, 0.3) is 0 Å². The van der Waals surface area contributed by atoms with Crippen LogP contribution in [0.2, 0.25) is 0 Å². The monoisotopic (exact) mass is 171 g/mol. The molecule has 2 heterocycles. The Morgan fingerprint density at radius 1 is 1.58 bits per heavy atom. The van der Waals surface area contributed by atoms with Crippen LogP contribution in [0.4, 0.5) is 0 Å². The molecule has 0 radical (unpaired) electrons. The molecule has 0 amide bonds. The van der Waals surface area contributed by atoms with Gasteiger partial charge in [-0.3, -0.25) is 0 Å². The van der Waals surface area contributed by atoms with Crippen LogP contribution in [-0.2, 0) is 4.74 Å². The molecule has 70 valence electrons. The van der Waals surface area contributed by atoms with Gasteiger partial charge in [-0.25, -0.2) is 0 Å². The molecule has 12 heavy (non-hydrogen) atoms. The molecule has 3 nitrogen and oxygen atoms in total. The predicted octanol–water partition coefficient (Wildman–Crippen LogP) is 0.278. The fourth-order valence-corrected chi connectivity index (χ4v) is 2.32. The van der Waals surface area contributed by atoms with Gasteiger partial charge in [0, 0.05) is 19.1 Å². The lowest BCUT2D eigenvalue weighted by molar-refractivity contribution is -0.0493. The standard InChI is InChI=1S/C9H17NO2/c1-7-9(11,4-6-12-7)8-3-2-5-10-8/h7-8,10-11H,2-6H2,1H3. The smallest absolute Gasteiger partial charge is 0.108 e. The van der Waals surface area contributed by atoms with Crippen LogP contribution < -0.4 is 5.32 Å². The van der Waals surface area contributed by atoms with Crippen molar-refractivity contribution in [1.82, 2.24) is 5.32 Å². The Morgan fingerprint density at radius 3 is 2.92 bits per heavy atom. The summed E-state index contributed by atoms with van der Waals surface area (Å²) in [6, 6.07) is 0.259. The Balaban J connectivity index is 2.07. The average molecular weight is 171 g/mol. The Hall–Kier alpha value is -0.120. The summed E-state index contributed by atoms with van der Waals surface area (Å²) in [5.41, 5.74) is -0.601. The molecule has 2 rings (SSSR count). The van der Waals surface area contributed by atoms with E-state index in [0.29, 0.717) is 6.61 Å². The van der Waals surface area contributed by atoms with Crippen LogP contribution >= 0.6 is 0 Å². The molecular weight excluding hydrogens is 154 g/mol. The topological polar surface area (TPSA) is 41.5 Å². The van der Waals surface area contributed by atoms with E-state index in [1.54, 1.807) is 0 Å². The van der Waals surface area contributed by atoms with Gasteiger partial charge in [0.05, 0.1) is 6.10 Å². The van der Waals surface area contributed by atoms with Crippen molar-refractivity contribution in [3.63, 3.8) is 0 Å². The van der Waals surface area contributed by atoms with E-state index in [2.05, 4.69) is 5.32 Å². The highest BCUT2D eigenvalue weighted by Crippen LogP contribution is 2.32. The number of ether oxygens (including phenoxy) is 1. The van der Waals surface area contributed by atoms with Crippen molar-refractivity contribution in [3.8, 4) is 0 Å². The molecule has 0 spiro atoms. The molecular formula is C9H17NO2. The zero-order valence-electron chi connectivity index (χ0n) is 7.55. The zero-order chi connectivity index (χ0) is 8.60. The van der Waals surface area contributed by atoms with Gasteiger partial charge in [0.1, 0.15) is 5.60 Å². The molecule has 2 fully saturated rings. The number of nitrogens with one attached hydrogen (secondary N) is 1. The van der Waals surface area contributed by atoms with Crippen LogP contribution in [-0.4, -0.2) is 36.0 Å². The van der Waals surface area contributed by atoms with E-state index >= 15 is 0 Å². The van der Waals surface area contributed by atoms with Crippen molar-refractivity contribution in [2.24, 2.45) is 0 Å². The lowest BCUT2D eigenvalue weighted by atomic mass is 9.87. The Labute approximate surface area is 73.1 Å². The van der Waals surface area contributed by atoms with Gasteiger partial charge < -0.3 is 15.2 Å². The normalized spacial score (nSPS) is 48.5. The van der Waals surface area contributed by atoms with Crippen molar-refractivity contribution >= 4 is 0 Å². The van der Waals surface area contributed by atoms with E-state index in [9.17, 15) is 5.11 Å². The fourth-order valence-electron chi connectivity index (χ4n) is 2.32. The Morgan fingerprint density at radius 2 is 2.42 bits per heavy atom. The molecule has 0 aromatic heterocycles. The molecule has 0 aromatic carbocycles. The highest BCUT2D eigenvalue weighted by Gasteiger charge is 2.46. The van der Waals surface area contributed by atoms with Crippen molar-refractivity contribution in [2.45, 2.75) is 43.9 Å². The summed E-state index contributed by atoms with van der Waals surface area (Å²) in [7, 11) is 0. The first kappa shape index (κ1) is 8.48. The van der Waals surface area contributed by atoms with Crippen LogP contribution in [0, 0.1) is 0 Å². The van der Waals surface area contributed by atoms with Gasteiger partial charge in [0.25, 0.3) is 0 Å². The Bertz CT molecular complexity index is 168. The molecule has 2 N–H and O–H groups in total. The number of hydrogen-bond donors (Lipinski definition) is 2. The summed E-state index contributed by atoms with van der Waals surface area (Å²) in [5.74, 6) is 0. The number of rotatable bonds is 1. The minimum absolute atomic E-state index is 0.00639. The summed E-state index contributed by atoms with van der Waals surface area (Å²) < 4.78 is 5.39. The van der Waals surface area contributed by atoms with E-state index in [1.165, 1.54) is 6.42 Å². The van der Waals surface area contributed by atoms with Crippen molar-refractivity contribution in [1.29, 1.82) is 0 Å². The predicted molar refractivity (Wildman–Crippen MR) is 46.0 cm³/mol. The van der Waals surface area contributed by atoms with E-state index < -0.39 is 5.60 Å². The first-order chi connectivity index (χ1) is 5.73. The summed E-state index contributed by atoms with van der Waals surface area (Å²) in [5, 5.41) is 13.6. The maximum atomic E-state index is 10.3. The molecule has 3 heteroatoms. The van der Waals surface area contributed by atoms with Crippen LogP contribution in [0.3, 0.4) is 0 Å². The quantitative estimate of drug-likeness (QED) is 0.595. The number of aliphatic hydroxyl groups is 1. The molecule has 0 saturated carbocycles. The van der Waals surface area contributed by atoms with Crippen molar-refractivity contribution in [3.05, 3.63) is 0 Å². The summed E-state index contributed by atoms with van der Waals surface area (Å²) in [6.45, 7) is 3.71. The third-order valence-corrected chi connectivity index (χ3v) is 3.24. The fraction of sp³-hybridized carbons (Fsp3) is 1.00. The molecule has 3 unspecified atom stereocenters. The van der Waals surface area contributed by atoms with Gasteiger partial charge in [0.15, 0.2) is 0 Å². The largest absolute Gasteiger partial charge is 0.385 e. The van der Waals surface area contributed by atoms with Gasteiger partial charge in [-0.1, -0.05) is 0 Å². The second-order valence-corrected chi connectivity index (χ2v) is 3.90. The third-order valence-electron chi connectivity index (χ3n) is 3.24.